The Hall–Kier alpha value is -0.380. The molecule has 0 spiro atoms. The van der Waals surface area contributed by atoms with Crippen molar-refractivity contribution in [3.05, 3.63) is 27.7 Å². The van der Waals surface area contributed by atoms with Gasteiger partial charge in [0, 0.05) is 0 Å². The smallest absolute Gasteiger partial charge is 0.237 e. The Morgan fingerprint density at radius 2 is 1.94 bits per heavy atom. The summed E-state index contributed by atoms with van der Waals surface area (Å²) in [5.41, 5.74) is 1.32. The Morgan fingerprint density at radius 1 is 1.35 bits per heavy atom. The maximum absolute atomic E-state index is 11.9. The van der Waals surface area contributed by atoms with Crippen LogP contribution in [-0.4, -0.2) is 11.2 Å². The fourth-order valence-corrected chi connectivity index (χ4v) is 1.80. The molecular weight excluding hydrogens is 277 g/mol. The average molecular weight is 292 g/mol. The standard InChI is InChI=1S/C12H15Cl2NOS/c1-6(2)11(17)12(16)15-10-8(13)5-4-7(3)9(10)14/h4-6,11,17H,1-3H3,(H,15,16). The number of anilines is 1. The van der Waals surface area contributed by atoms with E-state index in [1.54, 1.807) is 12.1 Å². The molecule has 0 heterocycles. The molecule has 2 nitrogen and oxygen atoms in total. The number of rotatable bonds is 3. The number of halogens is 2. The van der Waals surface area contributed by atoms with Crippen LogP contribution in [-0.2, 0) is 4.79 Å². The minimum absolute atomic E-state index is 0.140. The minimum Gasteiger partial charge on any atom is -0.323 e. The lowest BCUT2D eigenvalue weighted by molar-refractivity contribution is -0.116. The summed E-state index contributed by atoms with van der Waals surface area (Å²) in [5.74, 6) is -0.0570. The number of hydrogen-bond acceptors (Lipinski definition) is 2. The molecule has 0 aromatic heterocycles. The molecule has 0 bridgehead atoms. The van der Waals surface area contributed by atoms with Gasteiger partial charge in [0.2, 0.25) is 5.91 Å². The molecule has 17 heavy (non-hydrogen) atoms. The summed E-state index contributed by atoms with van der Waals surface area (Å²) >= 11 is 16.4. The zero-order chi connectivity index (χ0) is 13.2. The van der Waals surface area contributed by atoms with E-state index in [2.05, 4.69) is 17.9 Å². The normalized spacial score (nSPS) is 12.6. The summed E-state index contributed by atoms with van der Waals surface area (Å²) < 4.78 is 0. The molecule has 1 atom stereocenters. The van der Waals surface area contributed by atoms with Gasteiger partial charge in [-0.15, -0.1) is 0 Å². The van der Waals surface area contributed by atoms with Crippen LogP contribution in [0.25, 0.3) is 0 Å². The molecule has 0 saturated carbocycles. The zero-order valence-corrected chi connectivity index (χ0v) is 12.3. The summed E-state index contributed by atoms with van der Waals surface area (Å²) in [4.78, 5) is 11.9. The molecule has 1 aromatic rings. The van der Waals surface area contributed by atoms with Crippen molar-refractivity contribution in [1.82, 2.24) is 0 Å². The van der Waals surface area contributed by atoms with E-state index >= 15 is 0 Å². The molecule has 0 radical (unpaired) electrons. The average Bonchev–Trinajstić information content (AvgIpc) is 2.28. The molecule has 0 fully saturated rings. The Labute approximate surface area is 117 Å². The molecule has 1 rings (SSSR count). The number of amides is 1. The maximum atomic E-state index is 11.9. The lowest BCUT2D eigenvalue weighted by Gasteiger charge is -2.16. The molecule has 1 unspecified atom stereocenters. The van der Waals surface area contributed by atoms with Gasteiger partial charge in [0.05, 0.1) is 21.0 Å². The Kier molecular flexibility index (Phi) is 5.17. The van der Waals surface area contributed by atoms with Gasteiger partial charge in [0.15, 0.2) is 0 Å². The van der Waals surface area contributed by atoms with Crippen LogP contribution in [0.15, 0.2) is 12.1 Å². The van der Waals surface area contributed by atoms with Gasteiger partial charge in [-0.1, -0.05) is 43.1 Å². The minimum atomic E-state index is -0.386. The van der Waals surface area contributed by atoms with Gasteiger partial charge in [0.25, 0.3) is 0 Å². The van der Waals surface area contributed by atoms with E-state index in [-0.39, 0.29) is 17.1 Å². The fraction of sp³-hybridized carbons (Fsp3) is 0.417. The van der Waals surface area contributed by atoms with Crippen LogP contribution in [0.4, 0.5) is 5.69 Å². The zero-order valence-electron chi connectivity index (χ0n) is 9.92. The predicted octanol–water partition coefficient (Wildman–Crippen LogP) is 4.19. The lowest BCUT2D eigenvalue weighted by Crippen LogP contribution is -2.27. The van der Waals surface area contributed by atoms with Crippen molar-refractivity contribution in [2.75, 3.05) is 5.32 Å². The first-order chi connectivity index (χ1) is 7.84. The van der Waals surface area contributed by atoms with Gasteiger partial charge in [-0.05, 0) is 24.5 Å². The maximum Gasteiger partial charge on any atom is 0.237 e. The van der Waals surface area contributed by atoms with Crippen LogP contribution in [0.2, 0.25) is 10.0 Å². The van der Waals surface area contributed by atoms with Gasteiger partial charge in [-0.3, -0.25) is 4.79 Å². The van der Waals surface area contributed by atoms with Crippen molar-refractivity contribution in [1.29, 1.82) is 0 Å². The second kappa shape index (κ2) is 5.98. The summed E-state index contributed by atoms with van der Waals surface area (Å²) in [6.07, 6.45) is 0. The predicted molar refractivity (Wildman–Crippen MR) is 77.4 cm³/mol. The number of aryl methyl sites for hydroxylation is 1. The number of carbonyl (C=O) groups excluding carboxylic acids is 1. The van der Waals surface area contributed by atoms with Crippen LogP contribution in [0.3, 0.4) is 0 Å². The second-order valence-corrected chi connectivity index (χ2v) is 5.57. The van der Waals surface area contributed by atoms with Crippen LogP contribution < -0.4 is 5.32 Å². The summed E-state index contributed by atoms with van der Waals surface area (Å²) in [5, 5.41) is 3.23. The first-order valence-corrected chi connectivity index (χ1v) is 6.55. The van der Waals surface area contributed by atoms with Crippen molar-refractivity contribution in [3.63, 3.8) is 0 Å². The van der Waals surface area contributed by atoms with E-state index in [1.165, 1.54) is 0 Å². The highest BCUT2D eigenvalue weighted by atomic mass is 35.5. The van der Waals surface area contributed by atoms with E-state index in [9.17, 15) is 4.79 Å². The molecule has 1 aromatic carbocycles. The third kappa shape index (κ3) is 3.54. The van der Waals surface area contributed by atoms with Gasteiger partial charge >= 0.3 is 0 Å². The van der Waals surface area contributed by atoms with Crippen molar-refractivity contribution < 1.29 is 4.79 Å². The van der Waals surface area contributed by atoms with Crippen molar-refractivity contribution in [2.24, 2.45) is 5.92 Å². The molecule has 94 valence electrons. The van der Waals surface area contributed by atoms with E-state index in [4.69, 9.17) is 23.2 Å². The fourth-order valence-electron chi connectivity index (χ4n) is 1.27. The largest absolute Gasteiger partial charge is 0.323 e. The number of hydrogen-bond donors (Lipinski definition) is 2. The molecule has 0 aliphatic heterocycles. The Bertz CT molecular complexity index is 435. The van der Waals surface area contributed by atoms with Gasteiger partial charge < -0.3 is 5.32 Å². The second-order valence-electron chi connectivity index (χ2n) is 4.23. The van der Waals surface area contributed by atoms with E-state index in [0.717, 1.165) is 5.56 Å². The van der Waals surface area contributed by atoms with Crippen LogP contribution in [0.1, 0.15) is 19.4 Å². The van der Waals surface area contributed by atoms with Crippen LogP contribution in [0.5, 0.6) is 0 Å². The van der Waals surface area contributed by atoms with Crippen LogP contribution in [0, 0.1) is 12.8 Å². The number of carbonyl (C=O) groups is 1. The lowest BCUT2D eigenvalue weighted by atomic mass is 10.1. The van der Waals surface area contributed by atoms with Gasteiger partial charge in [-0.25, -0.2) is 0 Å². The molecule has 1 N–H and O–H groups in total. The molecule has 0 saturated heterocycles. The quantitative estimate of drug-likeness (QED) is 0.803. The third-order valence-corrected chi connectivity index (χ3v) is 4.07. The first-order valence-electron chi connectivity index (χ1n) is 5.28. The summed E-state index contributed by atoms with van der Waals surface area (Å²) in [6, 6.07) is 3.52. The van der Waals surface area contributed by atoms with Crippen molar-refractivity contribution in [3.8, 4) is 0 Å². The van der Waals surface area contributed by atoms with Crippen molar-refractivity contribution >= 4 is 47.4 Å². The SMILES string of the molecule is Cc1ccc(Cl)c(NC(=O)C(S)C(C)C)c1Cl. The van der Waals surface area contributed by atoms with Crippen molar-refractivity contribution in [2.45, 2.75) is 26.0 Å². The summed E-state index contributed by atoms with van der Waals surface area (Å²) in [6.45, 7) is 5.71. The molecule has 0 aliphatic rings. The highest BCUT2D eigenvalue weighted by molar-refractivity contribution is 7.81. The molecule has 1 amide bonds. The third-order valence-electron chi connectivity index (χ3n) is 2.43. The molecule has 0 aliphatic carbocycles. The molecule has 5 heteroatoms. The highest BCUT2D eigenvalue weighted by Gasteiger charge is 2.20. The summed E-state index contributed by atoms with van der Waals surface area (Å²) in [7, 11) is 0. The van der Waals surface area contributed by atoms with E-state index < -0.39 is 0 Å². The van der Waals surface area contributed by atoms with Crippen LogP contribution >= 0.6 is 35.8 Å². The molecular formula is C12H15Cl2NOS. The first kappa shape index (κ1) is 14.7. The van der Waals surface area contributed by atoms with E-state index in [0.29, 0.717) is 15.7 Å². The topological polar surface area (TPSA) is 29.1 Å². The number of thiol groups is 1. The highest BCUT2D eigenvalue weighted by Crippen LogP contribution is 2.33. The van der Waals surface area contributed by atoms with Gasteiger partial charge in [0.1, 0.15) is 0 Å². The van der Waals surface area contributed by atoms with E-state index in [1.807, 2.05) is 20.8 Å². The monoisotopic (exact) mass is 291 g/mol. The Morgan fingerprint density at radius 3 is 2.47 bits per heavy atom. The van der Waals surface area contributed by atoms with Gasteiger partial charge in [-0.2, -0.15) is 12.6 Å². The number of nitrogens with one attached hydrogen (secondary N) is 1. The number of benzene rings is 1. The Balaban J connectivity index is 2.96.